The van der Waals surface area contributed by atoms with Crippen molar-refractivity contribution < 1.29 is 39.4 Å². The van der Waals surface area contributed by atoms with E-state index in [0.29, 0.717) is 11.8 Å². The van der Waals surface area contributed by atoms with Gasteiger partial charge in [-0.2, -0.15) is 0 Å². The van der Waals surface area contributed by atoms with Gasteiger partial charge in [-0.1, -0.05) is 0 Å². The van der Waals surface area contributed by atoms with Crippen molar-refractivity contribution in [3.8, 4) is 11.5 Å². The third kappa shape index (κ3) is 3.21. The molecule has 1 aromatic rings. The highest BCUT2D eigenvalue weighted by Crippen LogP contribution is 2.31. The quantitative estimate of drug-likeness (QED) is 0.493. The molecule has 4 N–H and O–H groups in total. The molecule has 8 heteroatoms. The lowest BCUT2D eigenvalue weighted by Crippen LogP contribution is -2.60. The van der Waals surface area contributed by atoms with E-state index in [1.54, 1.807) is 0 Å². The van der Waals surface area contributed by atoms with Crippen LogP contribution in [0.4, 0.5) is 0 Å². The van der Waals surface area contributed by atoms with Gasteiger partial charge in [-0.3, -0.25) is 4.79 Å². The Labute approximate surface area is 126 Å². The van der Waals surface area contributed by atoms with Crippen LogP contribution in [-0.4, -0.2) is 71.1 Å². The number of aliphatic hydroxyl groups excluding tert-OH is 4. The zero-order chi connectivity index (χ0) is 16.3. The zero-order valence-electron chi connectivity index (χ0n) is 11.8. The van der Waals surface area contributed by atoms with E-state index in [1.807, 2.05) is 0 Å². The lowest BCUT2D eigenvalue weighted by molar-refractivity contribution is -0.277. The SMILES string of the molecule is COc1cc(C=O)ccc1O[C@@H]1O[C@H](CO)[C@@H](O)[C@H](O)[C@@H]1O. The van der Waals surface area contributed by atoms with Crippen LogP contribution in [0.15, 0.2) is 18.2 Å². The largest absolute Gasteiger partial charge is 0.493 e. The number of rotatable bonds is 5. The van der Waals surface area contributed by atoms with Crippen LogP contribution >= 0.6 is 0 Å². The summed E-state index contributed by atoms with van der Waals surface area (Å²) in [4.78, 5) is 10.7. The summed E-state index contributed by atoms with van der Waals surface area (Å²) in [6.45, 7) is -0.550. The topological polar surface area (TPSA) is 126 Å². The first-order chi connectivity index (χ1) is 10.5. The van der Waals surface area contributed by atoms with Gasteiger partial charge in [0.25, 0.3) is 0 Å². The van der Waals surface area contributed by atoms with Crippen LogP contribution in [0.3, 0.4) is 0 Å². The van der Waals surface area contributed by atoms with Crippen molar-refractivity contribution in [2.45, 2.75) is 30.7 Å². The van der Waals surface area contributed by atoms with Crippen LogP contribution in [0.2, 0.25) is 0 Å². The maximum Gasteiger partial charge on any atom is 0.229 e. The number of methoxy groups -OCH3 is 1. The molecule has 0 radical (unpaired) electrons. The maximum absolute atomic E-state index is 10.7. The van der Waals surface area contributed by atoms with E-state index >= 15 is 0 Å². The highest BCUT2D eigenvalue weighted by Gasteiger charge is 2.44. The molecule has 0 aliphatic carbocycles. The second kappa shape index (κ2) is 7.03. The molecule has 1 heterocycles. The van der Waals surface area contributed by atoms with Crippen molar-refractivity contribution in [1.82, 2.24) is 0 Å². The molecule has 1 aliphatic rings. The molecule has 1 fully saturated rings. The number of carbonyl (C=O) groups is 1. The Morgan fingerprint density at radius 2 is 1.91 bits per heavy atom. The summed E-state index contributed by atoms with van der Waals surface area (Å²) in [6.07, 6.45) is -6.25. The number of benzene rings is 1. The van der Waals surface area contributed by atoms with E-state index in [-0.39, 0.29) is 11.5 Å². The predicted octanol–water partition coefficient (Wildman–Crippen LogP) is -1.31. The number of hydrogen-bond acceptors (Lipinski definition) is 8. The number of ether oxygens (including phenoxy) is 3. The Bertz CT molecular complexity index is 518. The first kappa shape index (κ1) is 16.7. The summed E-state index contributed by atoms with van der Waals surface area (Å²) in [5.41, 5.74) is 0.373. The maximum atomic E-state index is 10.7. The predicted molar refractivity (Wildman–Crippen MR) is 72.8 cm³/mol. The van der Waals surface area contributed by atoms with Crippen LogP contribution in [0, 0.1) is 0 Å². The van der Waals surface area contributed by atoms with Crippen LogP contribution in [0.25, 0.3) is 0 Å². The van der Waals surface area contributed by atoms with Crippen molar-refractivity contribution in [1.29, 1.82) is 0 Å². The fourth-order valence-corrected chi connectivity index (χ4v) is 2.14. The summed E-state index contributed by atoms with van der Waals surface area (Å²) in [6, 6.07) is 4.37. The second-order valence-corrected chi connectivity index (χ2v) is 4.84. The highest BCUT2D eigenvalue weighted by molar-refractivity contribution is 5.76. The van der Waals surface area contributed by atoms with Gasteiger partial charge in [-0.05, 0) is 18.2 Å². The molecule has 8 nitrogen and oxygen atoms in total. The molecule has 0 bridgehead atoms. The van der Waals surface area contributed by atoms with Crippen LogP contribution < -0.4 is 9.47 Å². The van der Waals surface area contributed by atoms with Crippen LogP contribution in [0.1, 0.15) is 10.4 Å². The van der Waals surface area contributed by atoms with E-state index in [4.69, 9.17) is 19.3 Å². The number of carbonyl (C=O) groups excluding carboxylic acids is 1. The molecule has 1 saturated heterocycles. The van der Waals surface area contributed by atoms with Crippen molar-refractivity contribution in [2.24, 2.45) is 0 Å². The van der Waals surface area contributed by atoms with Gasteiger partial charge in [0.2, 0.25) is 6.29 Å². The molecule has 5 atom stereocenters. The molecule has 1 aromatic carbocycles. The van der Waals surface area contributed by atoms with Gasteiger partial charge in [0.05, 0.1) is 13.7 Å². The molecule has 0 unspecified atom stereocenters. The van der Waals surface area contributed by atoms with Gasteiger partial charge < -0.3 is 34.6 Å². The van der Waals surface area contributed by atoms with Crippen molar-refractivity contribution in [3.63, 3.8) is 0 Å². The van der Waals surface area contributed by atoms with E-state index in [9.17, 15) is 20.1 Å². The monoisotopic (exact) mass is 314 g/mol. The Balaban J connectivity index is 2.20. The number of aliphatic hydroxyl groups is 4. The molecule has 122 valence electrons. The fourth-order valence-electron chi connectivity index (χ4n) is 2.14. The molecule has 1 aliphatic heterocycles. The van der Waals surface area contributed by atoms with Crippen molar-refractivity contribution in [3.05, 3.63) is 23.8 Å². The minimum absolute atomic E-state index is 0.178. The average Bonchev–Trinajstić information content (AvgIpc) is 2.55. The molecule has 0 aromatic heterocycles. The molecule has 2 rings (SSSR count). The highest BCUT2D eigenvalue weighted by atomic mass is 16.7. The fraction of sp³-hybridized carbons (Fsp3) is 0.500. The van der Waals surface area contributed by atoms with Gasteiger partial charge in [0, 0.05) is 5.56 Å². The minimum atomic E-state index is -1.53. The Hall–Kier alpha value is -1.71. The van der Waals surface area contributed by atoms with Crippen LogP contribution in [-0.2, 0) is 4.74 Å². The lowest BCUT2D eigenvalue weighted by Gasteiger charge is -2.39. The first-order valence-corrected chi connectivity index (χ1v) is 6.62. The molecule has 0 spiro atoms. The molecule has 0 amide bonds. The Morgan fingerprint density at radius 1 is 1.18 bits per heavy atom. The van der Waals surface area contributed by atoms with Gasteiger partial charge in [0.1, 0.15) is 30.7 Å². The Kier molecular flexibility index (Phi) is 5.33. The van der Waals surface area contributed by atoms with E-state index in [1.165, 1.54) is 25.3 Å². The third-order valence-corrected chi connectivity index (χ3v) is 3.42. The average molecular weight is 314 g/mol. The van der Waals surface area contributed by atoms with Crippen molar-refractivity contribution >= 4 is 6.29 Å². The number of hydrogen-bond donors (Lipinski definition) is 4. The molecular weight excluding hydrogens is 296 g/mol. The summed E-state index contributed by atoms with van der Waals surface area (Å²) in [7, 11) is 1.38. The third-order valence-electron chi connectivity index (χ3n) is 3.42. The molecule has 22 heavy (non-hydrogen) atoms. The van der Waals surface area contributed by atoms with Crippen LogP contribution in [0.5, 0.6) is 11.5 Å². The van der Waals surface area contributed by atoms with E-state index in [0.717, 1.165) is 0 Å². The van der Waals surface area contributed by atoms with E-state index < -0.39 is 37.3 Å². The molecule has 0 saturated carbocycles. The first-order valence-electron chi connectivity index (χ1n) is 6.62. The second-order valence-electron chi connectivity index (χ2n) is 4.84. The van der Waals surface area contributed by atoms with Gasteiger partial charge >= 0.3 is 0 Å². The zero-order valence-corrected chi connectivity index (χ0v) is 11.8. The summed E-state index contributed by atoms with van der Waals surface area (Å²) >= 11 is 0. The molecular formula is C14H18O8. The standard InChI is InChI=1S/C14H18O8/c1-20-9-4-7(5-15)2-3-8(9)21-14-13(19)12(18)11(17)10(6-16)22-14/h2-5,10-14,16-19H,6H2,1H3/t10-,11-,12+,13+,14-/m1/s1. The van der Waals surface area contributed by atoms with Crippen molar-refractivity contribution in [2.75, 3.05) is 13.7 Å². The minimum Gasteiger partial charge on any atom is -0.493 e. The smallest absolute Gasteiger partial charge is 0.229 e. The normalized spacial score (nSPS) is 31.6. The summed E-state index contributed by atoms with van der Waals surface area (Å²) in [5, 5.41) is 38.4. The summed E-state index contributed by atoms with van der Waals surface area (Å²) < 4.78 is 15.8. The number of aldehydes is 1. The lowest BCUT2D eigenvalue weighted by atomic mass is 9.99. The van der Waals surface area contributed by atoms with Gasteiger partial charge in [-0.25, -0.2) is 0 Å². The van der Waals surface area contributed by atoms with Gasteiger partial charge in [0.15, 0.2) is 11.5 Å². The summed E-state index contributed by atoms with van der Waals surface area (Å²) in [5.74, 6) is 0.416. The van der Waals surface area contributed by atoms with Gasteiger partial charge in [-0.15, -0.1) is 0 Å². The Morgan fingerprint density at radius 3 is 2.50 bits per heavy atom. The van der Waals surface area contributed by atoms with E-state index in [2.05, 4.69) is 0 Å².